The van der Waals surface area contributed by atoms with Gasteiger partial charge in [-0.05, 0) is 25.3 Å². The number of Topliss-reactive ketones (excluding diaryl/α,β-unsaturated/α-hetero) is 1. The van der Waals surface area contributed by atoms with E-state index in [1.165, 1.54) is 18.3 Å². The zero-order valence-electron chi connectivity index (χ0n) is 9.93. The fourth-order valence-corrected chi connectivity index (χ4v) is 3.08. The Morgan fingerprint density at radius 3 is 2.83 bits per heavy atom. The Morgan fingerprint density at radius 2 is 2.22 bits per heavy atom. The number of aromatic nitrogens is 1. The minimum absolute atomic E-state index is 0.177. The summed E-state index contributed by atoms with van der Waals surface area (Å²) in [5.74, 6) is -0.660. The number of carbonyl (C=O) groups excluding carboxylic acids is 2. The lowest BCUT2D eigenvalue weighted by Crippen LogP contribution is -2.11. The maximum absolute atomic E-state index is 11.8. The second-order valence-electron chi connectivity index (χ2n) is 3.69. The molecule has 6 heteroatoms. The number of ether oxygens (including phenoxy) is 1. The molecule has 0 fully saturated rings. The fraction of sp³-hybridized carbons (Fsp3) is 0.250. The first-order valence-corrected chi connectivity index (χ1v) is 6.95. The number of hydrogen-bond acceptors (Lipinski definition) is 6. The van der Waals surface area contributed by atoms with Crippen molar-refractivity contribution in [1.82, 2.24) is 4.98 Å². The molecule has 2 aromatic rings. The highest BCUT2D eigenvalue weighted by Gasteiger charge is 2.18. The molecular weight excluding hydrogens is 270 g/mol. The van der Waals surface area contributed by atoms with Gasteiger partial charge in [0.1, 0.15) is 16.5 Å². The maximum atomic E-state index is 11.8. The highest BCUT2D eigenvalue weighted by Crippen LogP contribution is 2.31. The van der Waals surface area contributed by atoms with Crippen molar-refractivity contribution in [2.24, 2.45) is 0 Å². The van der Waals surface area contributed by atoms with Crippen molar-refractivity contribution in [2.45, 2.75) is 13.8 Å². The van der Waals surface area contributed by atoms with E-state index in [1.54, 1.807) is 18.3 Å². The predicted molar refractivity (Wildman–Crippen MR) is 71.1 cm³/mol. The highest BCUT2D eigenvalue weighted by molar-refractivity contribution is 7.22. The first-order valence-electron chi connectivity index (χ1n) is 5.26. The predicted octanol–water partition coefficient (Wildman–Crippen LogP) is 2.93. The smallest absolute Gasteiger partial charge is 0.350 e. The van der Waals surface area contributed by atoms with Gasteiger partial charge in [0.15, 0.2) is 5.78 Å². The molecule has 0 amide bonds. The monoisotopic (exact) mass is 281 g/mol. The van der Waals surface area contributed by atoms with Crippen LogP contribution in [0.3, 0.4) is 0 Å². The molecule has 0 radical (unpaired) electrons. The Balaban J connectivity index is 2.19. The second-order valence-corrected chi connectivity index (χ2v) is 5.64. The topological polar surface area (TPSA) is 56.3 Å². The van der Waals surface area contributed by atoms with Gasteiger partial charge >= 0.3 is 5.97 Å². The molecule has 0 saturated heterocycles. The fourth-order valence-electron chi connectivity index (χ4n) is 1.32. The lowest BCUT2D eigenvalue weighted by atomic mass is 10.4. The van der Waals surface area contributed by atoms with E-state index in [0.717, 1.165) is 9.88 Å². The minimum atomic E-state index is -0.483. The van der Waals surface area contributed by atoms with Crippen molar-refractivity contribution in [3.8, 4) is 9.88 Å². The number of thiophene rings is 1. The summed E-state index contributed by atoms with van der Waals surface area (Å²) in [6.07, 6.45) is 0. The average molecular weight is 281 g/mol. The number of thiazole rings is 1. The summed E-state index contributed by atoms with van der Waals surface area (Å²) in [5.41, 5.74) is 0.636. The number of carbonyl (C=O) groups is 2. The molecule has 94 valence electrons. The van der Waals surface area contributed by atoms with Gasteiger partial charge in [0.25, 0.3) is 0 Å². The molecule has 0 saturated carbocycles. The molecular formula is C12H11NO3S2. The number of aryl methyl sites for hydroxylation is 1. The third kappa shape index (κ3) is 2.83. The van der Waals surface area contributed by atoms with Crippen molar-refractivity contribution < 1.29 is 14.3 Å². The molecule has 0 bridgehead atoms. The summed E-state index contributed by atoms with van der Waals surface area (Å²) in [5, 5.41) is 2.76. The Hall–Kier alpha value is -1.53. The largest absolute Gasteiger partial charge is 0.453 e. The van der Waals surface area contributed by atoms with Gasteiger partial charge in [0, 0.05) is 0 Å². The summed E-state index contributed by atoms with van der Waals surface area (Å²) in [4.78, 5) is 28.3. The van der Waals surface area contributed by atoms with Crippen LogP contribution in [0, 0.1) is 6.92 Å². The molecule has 0 aliphatic carbocycles. The van der Waals surface area contributed by atoms with Crippen molar-refractivity contribution in [2.75, 3.05) is 6.61 Å². The highest BCUT2D eigenvalue weighted by atomic mass is 32.1. The number of rotatable bonds is 4. The van der Waals surface area contributed by atoms with Gasteiger partial charge in [-0.1, -0.05) is 6.07 Å². The van der Waals surface area contributed by atoms with Crippen LogP contribution in [-0.4, -0.2) is 23.3 Å². The van der Waals surface area contributed by atoms with Crippen LogP contribution in [0.4, 0.5) is 0 Å². The van der Waals surface area contributed by atoms with E-state index < -0.39 is 5.97 Å². The Labute approximate surface area is 112 Å². The van der Waals surface area contributed by atoms with E-state index in [0.29, 0.717) is 10.6 Å². The molecule has 0 aliphatic heterocycles. The van der Waals surface area contributed by atoms with Crippen LogP contribution in [0.25, 0.3) is 9.88 Å². The van der Waals surface area contributed by atoms with Gasteiger partial charge in [-0.2, -0.15) is 0 Å². The molecule has 0 aromatic carbocycles. The van der Waals surface area contributed by atoms with Gasteiger partial charge in [-0.15, -0.1) is 22.7 Å². The lowest BCUT2D eigenvalue weighted by molar-refractivity contribution is -0.120. The molecule has 0 atom stereocenters. The standard InChI is InChI=1S/C12H11NO3S2/c1-7(14)6-16-12(15)10-8(2)13-11(18-10)9-4-3-5-17-9/h3-5H,6H2,1-2H3. The summed E-state index contributed by atoms with van der Waals surface area (Å²) in [7, 11) is 0. The molecule has 4 nitrogen and oxygen atoms in total. The summed E-state index contributed by atoms with van der Waals surface area (Å²) in [6, 6.07) is 3.89. The molecule has 0 aliphatic rings. The molecule has 2 heterocycles. The van der Waals surface area contributed by atoms with Crippen LogP contribution in [0.1, 0.15) is 22.3 Å². The van der Waals surface area contributed by atoms with Crippen LogP contribution in [0.5, 0.6) is 0 Å². The van der Waals surface area contributed by atoms with Gasteiger partial charge < -0.3 is 4.74 Å². The van der Waals surface area contributed by atoms with Crippen molar-refractivity contribution in [3.05, 3.63) is 28.1 Å². The summed E-state index contributed by atoms with van der Waals surface area (Å²) >= 11 is 2.86. The first kappa shape index (κ1) is 12.9. The normalized spacial score (nSPS) is 10.3. The lowest BCUT2D eigenvalue weighted by Gasteiger charge is -1.99. The van der Waals surface area contributed by atoms with Gasteiger partial charge in [0.2, 0.25) is 0 Å². The van der Waals surface area contributed by atoms with Gasteiger partial charge in [-0.25, -0.2) is 9.78 Å². The second kappa shape index (κ2) is 5.41. The van der Waals surface area contributed by atoms with Crippen LogP contribution in [-0.2, 0) is 9.53 Å². The Bertz CT molecular complexity index is 572. The maximum Gasteiger partial charge on any atom is 0.350 e. The van der Waals surface area contributed by atoms with Crippen LogP contribution < -0.4 is 0 Å². The molecule has 2 rings (SSSR count). The zero-order chi connectivity index (χ0) is 13.1. The van der Waals surface area contributed by atoms with Crippen molar-refractivity contribution in [3.63, 3.8) is 0 Å². The SMILES string of the molecule is CC(=O)COC(=O)c1sc(-c2cccs2)nc1C. The molecule has 0 unspecified atom stereocenters. The van der Waals surface area contributed by atoms with Crippen LogP contribution in [0.15, 0.2) is 17.5 Å². The molecule has 0 spiro atoms. The van der Waals surface area contributed by atoms with E-state index >= 15 is 0 Å². The minimum Gasteiger partial charge on any atom is -0.453 e. The quantitative estimate of drug-likeness (QED) is 0.809. The Kier molecular flexibility index (Phi) is 3.88. The van der Waals surface area contributed by atoms with Gasteiger partial charge in [-0.3, -0.25) is 4.79 Å². The zero-order valence-corrected chi connectivity index (χ0v) is 11.6. The number of nitrogens with zero attached hydrogens (tertiary/aromatic N) is 1. The van der Waals surface area contributed by atoms with E-state index in [-0.39, 0.29) is 12.4 Å². The number of hydrogen-bond donors (Lipinski definition) is 0. The number of ketones is 1. The van der Waals surface area contributed by atoms with Crippen LogP contribution >= 0.6 is 22.7 Å². The first-order chi connectivity index (χ1) is 8.58. The average Bonchev–Trinajstić information content (AvgIpc) is 2.94. The molecule has 0 N–H and O–H groups in total. The third-order valence-electron chi connectivity index (χ3n) is 2.12. The summed E-state index contributed by atoms with van der Waals surface area (Å²) < 4.78 is 4.89. The van der Waals surface area contributed by atoms with Gasteiger partial charge in [0.05, 0.1) is 10.6 Å². The Morgan fingerprint density at radius 1 is 1.44 bits per heavy atom. The molecule has 18 heavy (non-hydrogen) atoms. The molecule has 2 aromatic heterocycles. The van der Waals surface area contributed by atoms with E-state index in [4.69, 9.17) is 4.74 Å². The van der Waals surface area contributed by atoms with Crippen molar-refractivity contribution in [1.29, 1.82) is 0 Å². The van der Waals surface area contributed by atoms with E-state index in [1.807, 2.05) is 17.5 Å². The number of esters is 1. The van der Waals surface area contributed by atoms with E-state index in [9.17, 15) is 9.59 Å². The van der Waals surface area contributed by atoms with Crippen LogP contribution in [0.2, 0.25) is 0 Å². The van der Waals surface area contributed by atoms with Crippen molar-refractivity contribution >= 4 is 34.4 Å². The summed E-state index contributed by atoms with van der Waals surface area (Å²) in [6.45, 7) is 2.95. The van der Waals surface area contributed by atoms with E-state index in [2.05, 4.69) is 4.98 Å². The third-order valence-corrected chi connectivity index (χ3v) is 4.30.